The number of nitrogens with one attached hydrogen (secondary N) is 2. The molecule has 98 valence electrons. The van der Waals surface area contributed by atoms with Crippen LogP contribution in [0.4, 0.5) is 0 Å². The molecule has 1 aliphatic heterocycles. The first-order valence-electron chi connectivity index (χ1n) is 6.07. The highest BCUT2D eigenvalue weighted by molar-refractivity contribution is 8.01. The Hall–Kier alpha value is -0.550. The summed E-state index contributed by atoms with van der Waals surface area (Å²) < 4.78 is 0. The number of hydrogen-bond donors (Lipinski definition) is 2. The highest BCUT2D eigenvalue weighted by Gasteiger charge is 2.34. The molecular weight excluding hydrogens is 236 g/mol. The van der Waals surface area contributed by atoms with E-state index >= 15 is 0 Å². The van der Waals surface area contributed by atoms with Crippen LogP contribution in [-0.2, 0) is 9.59 Å². The van der Waals surface area contributed by atoms with E-state index in [4.69, 9.17) is 0 Å². The van der Waals surface area contributed by atoms with E-state index in [1.807, 2.05) is 6.92 Å². The Kier molecular flexibility index (Phi) is 5.46. The van der Waals surface area contributed by atoms with Crippen molar-refractivity contribution in [2.45, 2.75) is 44.5 Å². The maximum Gasteiger partial charge on any atom is 0.237 e. The Morgan fingerprint density at radius 1 is 1.53 bits per heavy atom. The minimum Gasteiger partial charge on any atom is -0.344 e. The highest BCUT2D eigenvalue weighted by atomic mass is 32.2. The lowest BCUT2D eigenvalue weighted by Crippen LogP contribution is -2.51. The van der Waals surface area contributed by atoms with Gasteiger partial charge in [0.25, 0.3) is 0 Å². The van der Waals surface area contributed by atoms with E-state index < -0.39 is 0 Å². The van der Waals surface area contributed by atoms with Gasteiger partial charge in [-0.3, -0.25) is 9.59 Å². The van der Waals surface area contributed by atoms with Crippen molar-refractivity contribution in [2.75, 3.05) is 12.8 Å². The van der Waals surface area contributed by atoms with E-state index in [-0.39, 0.29) is 29.0 Å². The second-order valence-electron chi connectivity index (χ2n) is 4.94. The van der Waals surface area contributed by atoms with Crippen LogP contribution in [0.1, 0.15) is 27.2 Å². The summed E-state index contributed by atoms with van der Waals surface area (Å²) in [7, 11) is 1.78. The summed E-state index contributed by atoms with van der Waals surface area (Å²) in [4.78, 5) is 23.6. The van der Waals surface area contributed by atoms with Crippen molar-refractivity contribution >= 4 is 23.5 Å². The van der Waals surface area contributed by atoms with Crippen molar-refractivity contribution in [3.63, 3.8) is 0 Å². The van der Waals surface area contributed by atoms with Crippen molar-refractivity contribution in [3.8, 4) is 0 Å². The van der Waals surface area contributed by atoms with Crippen molar-refractivity contribution in [2.24, 2.45) is 5.92 Å². The van der Waals surface area contributed by atoms with Crippen LogP contribution in [0.5, 0.6) is 0 Å². The lowest BCUT2D eigenvalue weighted by atomic mass is 10.0. The molecule has 1 saturated heterocycles. The number of thioether (sulfide) groups is 1. The largest absolute Gasteiger partial charge is 0.344 e. The van der Waals surface area contributed by atoms with Gasteiger partial charge in [-0.15, -0.1) is 11.8 Å². The number of likely N-dealkylation sites (N-methyl/N-ethyl adjacent to an activating group) is 1. The molecule has 0 aromatic heterocycles. The van der Waals surface area contributed by atoms with E-state index in [1.54, 1.807) is 18.8 Å². The molecule has 0 bridgehead atoms. The van der Waals surface area contributed by atoms with Crippen molar-refractivity contribution in [1.29, 1.82) is 0 Å². The summed E-state index contributed by atoms with van der Waals surface area (Å²) >= 11 is 1.60. The van der Waals surface area contributed by atoms with Crippen LogP contribution < -0.4 is 10.6 Å². The maximum atomic E-state index is 12.0. The molecule has 4 nitrogen and oxygen atoms in total. The molecule has 0 aromatic carbocycles. The molecule has 0 aromatic rings. The molecule has 1 fully saturated rings. The second-order valence-corrected chi connectivity index (χ2v) is 6.31. The molecule has 0 spiro atoms. The fourth-order valence-electron chi connectivity index (χ4n) is 1.94. The zero-order chi connectivity index (χ0) is 13.0. The smallest absolute Gasteiger partial charge is 0.237 e. The summed E-state index contributed by atoms with van der Waals surface area (Å²) in [6, 6.07) is -0.517. The predicted molar refractivity (Wildman–Crippen MR) is 71.2 cm³/mol. The molecule has 5 heteroatoms. The van der Waals surface area contributed by atoms with Gasteiger partial charge in [-0.05, 0) is 19.4 Å². The first-order valence-corrected chi connectivity index (χ1v) is 7.12. The van der Waals surface area contributed by atoms with Crippen LogP contribution in [0.2, 0.25) is 0 Å². The predicted octanol–water partition coefficient (Wildman–Crippen LogP) is 0.810. The Bertz CT molecular complexity index is 294. The number of amides is 1. The van der Waals surface area contributed by atoms with Gasteiger partial charge >= 0.3 is 0 Å². The molecule has 2 N–H and O–H groups in total. The van der Waals surface area contributed by atoms with E-state index in [0.29, 0.717) is 11.7 Å². The zero-order valence-corrected chi connectivity index (χ0v) is 11.8. The molecule has 17 heavy (non-hydrogen) atoms. The molecule has 0 aliphatic carbocycles. The fraction of sp³-hybridized carbons (Fsp3) is 0.833. The molecule has 1 heterocycles. The lowest BCUT2D eigenvalue weighted by molar-refractivity contribution is -0.127. The monoisotopic (exact) mass is 258 g/mol. The van der Waals surface area contributed by atoms with Gasteiger partial charge in [0.1, 0.15) is 0 Å². The molecule has 1 amide bonds. The third kappa shape index (κ3) is 4.00. The molecular formula is C12H22N2O2S. The maximum absolute atomic E-state index is 12.0. The standard InChI is InChI=1S/C12H22N2O2S/c1-7(2)5-9(13-4)12(16)14-11-8(3)17-6-10(11)15/h7-9,11,13H,5-6H2,1-4H3,(H,14,16)/t8-,9-,11-/m0/s1. The molecule has 0 unspecified atom stereocenters. The number of carbonyl (C=O) groups excluding carboxylic acids is 2. The van der Waals surface area contributed by atoms with Crippen LogP contribution >= 0.6 is 11.8 Å². The van der Waals surface area contributed by atoms with Gasteiger partial charge in [0.05, 0.1) is 17.8 Å². The average molecular weight is 258 g/mol. The molecule has 0 radical (unpaired) electrons. The van der Waals surface area contributed by atoms with E-state index in [9.17, 15) is 9.59 Å². The van der Waals surface area contributed by atoms with Gasteiger partial charge in [0.15, 0.2) is 5.78 Å². The summed E-state index contributed by atoms with van der Waals surface area (Å²) in [5.74, 6) is 1.04. The van der Waals surface area contributed by atoms with Crippen LogP contribution in [-0.4, -0.2) is 41.8 Å². The first-order chi connectivity index (χ1) is 7.95. The average Bonchev–Trinajstić information content (AvgIpc) is 2.57. The topological polar surface area (TPSA) is 58.2 Å². The third-order valence-corrected chi connectivity index (χ3v) is 4.22. The highest BCUT2D eigenvalue weighted by Crippen LogP contribution is 2.23. The quantitative estimate of drug-likeness (QED) is 0.766. The normalized spacial score (nSPS) is 26.3. The second kappa shape index (κ2) is 6.40. The molecule has 1 aliphatic rings. The fourth-order valence-corrected chi connectivity index (χ4v) is 2.96. The number of ketones is 1. The minimum absolute atomic E-state index is 0.0612. The van der Waals surface area contributed by atoms with Crippen LogP contribution in [0, 0.1) is 5.92 Å². The summed E-state index contributed by atoms with van der Waals surface area (Å²) in [5.41, 5.74) is 0. The Morgan fingerprint density at radius 3 is 2.59 bits per heavy atom. The van der Waals surface area contributed by atoms with Gasteiger partial charge in [-0.2, -0.15) is 0 Å². The van der Waals surface area contributed by atoms with Gasteiger partial charge in [0.2, 0.25) is 5.91 Å². The Morgan fingerprint density at radius 2 is 2.18 bits per heavy atom. The first kappa shape index (κ1) is 14.5. The number of Topliss-reactive ketones (excluding diaryl/α,β-unsaturated/α-hetero) is 1. The minimum atomic E-state index is -0.310. The number of hydrogen-bond acceptors (Lipinski definition) is 4. The number of carbonyl (C=O) groups is 2. The van der Waals surface area contributed by atoms with Gasteiger partial charge in [0, 0.05) is 5.25 Å². The molecule has 1 rings (SSSR count). The van der Waals surface area contributed by atoms with Crippen LogP contribution in [0.3, 0.4) is 0 Å². The van der Waals surface area contributed by atoms with E-state index in [2.05, 4.69) is 24.5 Å². The SMILES string of the molecule is CN[C@@H](CC(C)C)C(=O)N[C@@H]1C(=O)CS[C@H]1C. The van der Waals surface area contributed by atoms with Crippen LogP contribution in [0.25, 0.3) is 0 Å². The Balaban J connectivity index is 2.54. The molecule has 0 saturated carbocycles. The summed E-state index contributed by atoms with van der Waals surface area (Å²) in [5, 5.41) is 6.05. The third-order valence-electron chi connectivity index (χ3n) is 2.97. The van der Waals surface area contributed by atoms with E-state index in [0.717, 1.165) is 6.42 Å². The summed E-state index contributed by atoms with van der Waals surface area (Å²) in [6.45, 7) is 6.14. The van der Waals surface area contributed by atoms with Gasteiger partial charge < -0.3 is 10.6 Å². The van der Waals surface area contributed by atoms with Crippen molar-refractivity contribution in [3.05, 3.63) is 0 Å². The number of rotatable bonds is 5. The zero-order valence-electron chi connectivity index (χ0n) is 10.9. The van der Waals surface area contributed by atoms with Crippen molar-refractivity contribution in [1.82, 2.24) is 10.6 Å². The van der Waals surface area contributed by atoms with Crippen LogP contribution in [0.15, 0.2) is 0 Å². The summed E-state index contributed by atoms with van der Waals surface area (Å²) in [6.07, 6.45) is 0.783. The Labute approximate surface area is 107 Å². The lowest BCUT2D eigenvalue weighted by Gasteiger charge is -2.21. The van der Waals surface area contributed by atoms with Crippen molar-refractivity contribution < 1.29 is 9.59 Å². The van der Waals surface area contributed by atoms with Gasteiger partial charge in [-0.25, -0.2) is 0 Å². The van der Waals surface area contributed by atoms with E-state index in [1.165, 1.54) is 0 Å². The van der Waals surface area contributed by atoms with Gasteiger partial charge in [-0.1, -0.05) is 20.8 Å². The molecule has 3 atom stereocenters.